The molecule has 1 heterocycles. The topological polar surface area (TPSA) is 84.2 Å². The Bertz CT molecular complexity index is 812. The minimum absolute atomic E-state index is 0.132. The van der Waals surface area contributed by atoms with E-state index in [1.807, 2.05) is 20.8 Å². The van der Waals surface area contributed by atoms with Crippen LogP contribution in [0.2, 0.25) is 10.0 Å². The minimum atomic E-state index is -0.769. The molecule has 2 N–H and O–H groups in total. The SMILES string of the molecule is C[C@@H](NC(=O)c1cccc(Cl)c1Cl)C(=O)NCc1ncc(C(C)(C)C)o1. The van der Waals surface area contributed by atoms with E-state index < -0.39 is 11.9 Å². The second-order valence-electron chi connectivity index (χ2n) is 6.88. The molecule has 0 radical (unpaired) electrons. The van der Waals surface area contributed by atoms with Crippen molar-refractivity contribution in [3.8, 4) is 0 Å². The lowest BCUT2D eigenvalue weighted by Crippen LogP contribution is -2.44. The third-order valence-corrected chi connectivity index (χ3v) is 4.46. The number of benzene rings is 1. The van der Waals surface area contributed by atoms with E-state index in [-0.39, 0.29) is 33.5 Å². The first-order valence-electron chi connectivity index (χ1n) is 8.07. The van der Waals surface area contributed by atoms with Crippen molar-refractivity contribution in [1.29, 1.82) is 0 Å². The van der Waals surface area contributed by atoms with Gasteiger partial charge in [0.05, 0.1) is 28.4 Å². The van der Waals surface area contributed by atoms with E-state index in [0.717, 1.165) is 5.76 Å². The first kappa shape index (κ1) is 20.3. The monoisotopic (exact) mass is 397 g/mol. The molecule has 1 aromatic heterocycles. The van der Waals surface area contributed by atoms with Gasteiger partial charge in [-0.3, -0.25) is 9.59 Å². The number of hydrogen-bond donors (Lipinski definition) is 2. The Morgan fingerprint density at radius 3 is 2.58 bits per heavy atom. The van der Waals surface area contributed by atoms with Crippen LogP contribution in [0.25, 0.3) is 0 Å². The average molecular weight is 398 g/mol. The predicted molar refractivity (Wildman–Crippen MR) is 100 cm³/mol. The van der Waals surface area contributed by atoms with Gasteiger partial charge >= 0.3 is 0 Å². The molecule has 8 heteroatoms. The number of rotatable bonds is 5. The summed E-state index contributed by atoms with van der Waals surface area (Å²) in [4.78, 5) is 28.6. The van der Waals surface area contributed by atoms with Crippen LogP contribution in [0, 0.1) is 0 Å². The van der Waals surface area contributed by atoms with E-state index in [4.69, 9.17) is 27.6 Å². The Morgan fingerprint density at radius 1 is 1.27 bits per heavy atom. The number of nitrogens with zero attached hydrogens (tertiary/aromatic N) is 1. The number of halogens is 2. The van der Waals surface area contributed by atoms with Crippen molar-refractivity contribution < 1.29 is 14.0 Å². The Kier molecular flexibility index (Phi) is 6.31. The molecule has 0 saturated heterocycles. The van der Waals surface area contributed by atoms with Crippen LogP contribution in [0.5, 0.6) is 0 Å². The van der Waals surface area contributed by atoms with Crippen molar-refractivity contribution in [2.75, 3.05) is 0 Å². The number of carbonyl (C=O) groups excluding carboxylic acids is 2. The molecule has 0 aliphatic heterocycles. The van der Waals surface area contributed by atoms with Crippen LogP contribution in [-0.2, 0) is 16.8 Å². The molecule has 0 unspecified atom stereocenters. The molecule has 1 atom stereocenters. The Hall–Kier alpha value is -2.05. The number of oxazole rings is 1. The fourth-order valence-corrected chi connectivity index (χ4v) is 2.46. The van der Waals surface area contributed by atoms with E-state index in [1.165, 1.54) is 6.07 Å². The predicted octanol–water partition coefficient (Wildman–Crippen LogP) is 3.71. The second-order valence-corrected chi connectivity index (χ2v) is 7.67. The van der Waals surface area contributed by atoms with Crippen molar-refractivity contribution >= 4 is 35.0 Å². The van der Waals surface area contributed by atoms with Gasteiger partial charge in [-0.2, -0.15) is 0 Å². The fourth-order valence-electron chi connectivity index (χ4n) is 2.07. The van der Waals surface area contributed by atoms with Gasteiger partial charge in [0.25, 0.3) is 5.91 Å². The summed E-state index contributed by atoms with van der Waals surface area (Å²) in [6, 6.07) is 3.96. The van der Waals surface area contributed by atoms with Gasteiger partial charge in [-0.15, -0.1) is 0 Å². The minimum Gasteiger partial charge on any atom is -0.443 e. The van der Waals surface area contributed by atoms with Crippen LogP contribution in [0.1, 0.15) is 49.7 Å². The lowest BCUT2D eigenvalue weighted by molar-refractivity contribution is -0.122. The maximum atomic E-state index is 12.3. The number of carbonyl (C=O) groups is 2. The van der Waals surface area contributed by atoms with Gasteiger partial charge in [0, 0.05) is 5.41 Å². The zero-order valence-corrected chi connectivity index (χ0v) is 16.5. The molecule has 140 valence electrons. The molecule has 0 aliphatic carbocycles. The van der Waals surface area contributed by atoms with Crippen molar-refractivity contribution in [1.82, 2.24) is 15.6 Å². The fraction of sp³-hybridized carbons (Fsp3) is 0.389. The summed E-state index contributed by atoms with van der Waals surface area (Å²) >= 11 is 11.9. The van der Waals surface area contributed by atoms with Crippen LogP contribution in [0.3, 0.4) is 0 Å². The summed E-state index contributed by atoms with van der Waals surface area (Å²) in [6.45, 7) is 7.73. The van der Waals surface area contributed by atoms with Gasteiger partial charge in [0.2, 0.25) is 11.8 Å². The van der Waals surface area contributed by atoms with Gasteiger partial charge in [-0.1, -0.05) is 50.0 Å². The molecule has 6 nitrogen and oxygen atoms in total. The van der Waals surface area contributed by atoms with Crippen molar-refractivity contribution in [3.05, 3.63) is 51.7 Å². The summed E-state index contributed by atoms with van der Waals surface area (Å²) in [5, 5.41) is 5.68. The summed E-state index contributed by atoms with van der Waals surface area (Å²) in [6.07, 6.45) is 1.65. The van der Waals surface area contributed by atoms with Crippen LogP contribution in [-0.4, -0.2) is 22.8 Å². The lowest BCUT2D eigenvalue weighted by Gasteiger charge is -2.15. The maximum Gasteiger partial charge on any atom is 0.253 e. The molecular weight excluding hydrogens is 377 g/mol. The van der Waals surface area contributed by atoms with E-state index in [0.29, 0.717) is 5.89 Å². The smallest absolute Gasteiger partial charge is 0.253 e. The summed E-state index contributed by atoms with van der Waals surface area (Å²) in [5.41, 5.74) is 0.0496. The molecule has 2 amide bonds. The van der Waals surface area contributed by atoms with Gasteiger partial charge in [-0.05, 0) is 19.1 Å². The quantitative estimate of drug-likeness (QED) is 0.804. The Labute approximate surface area is 162 Å². The molecule has 1 aromatic carbocycles. The number of hydrogen-bond acceptors (Lipinski definition) is 4. The van der Waals surface area contributed by atoms with Gasteiger partial charge < -0.3 is 15.1 Å². The highest BCUT2D eigenvalue weighted by Crippen LogP contribution is 2.25. The van der Waals surface area contributed by atoms with Crippen LogP contribution < -0.4 is 10.6 Å². The average Bonchev–Trinajstić information content (AvgIpc) is 3.04. The largest absolute Gasteiger partial charge is 0.443 e. The third-order valence-electron chi connectivity index (χ3n) is 3.64. The third kappa shape index (κ3) is 4.99. The number of aromatic nitrogens is 1. The van der Waals surface area contributed by atoms with Crippen LogP contribution >= 0.6 is 23.2 Å². The van der Waals surface area contributed by atoms with Gasteiger partial charge in [0.1, 0.15) is 11.8 Å². The first-order chi connectivity index (χ1) is 12.1. The summed E-state index contributed by atoms with van der Waals surface area (Å²) in [5.74, 6) is 0.289. The summed E-state index contributed by atoms with van der Waals surface area (Å²) in [7, 11) is 0. The van der Waals surface area contributed by atoms with Gasteiger partial charge in [-0.25, -0.2) is 4.98 Å². The molecule has 0 aliphatic rings. The normalized spacial score (nSPS) is 12.5. The van der Waals surface area contributed by atoms with E-state index in [2.05, 4.69) is 15.6 Å². The van der Waals surface area contributed by atoms with Crippen LogP contribution in [0.4, 0.5) is 0 Å². The Morgan fingerprint density at radius 2 is 1.96 bits per heavy atom. The van der Waals surface area contributed by atoms with Crippen LogP contribution in [0.15, 0.2) is 28.8 Å². The molecule has 0 spiro atoms. The number of nitrogens with one attached hydrogen (secondary N) is 2. The highest BCUT2D eigenvalue weighted by atomic mass is 35.5. The van der Waals surface area contributed by atoms with E-state index in [1.54, 1.807) is 25.3 Å². The highest BCUT2D eigenvalue weighted by molar-refractivity contribution is 6.43. The zero-order valence-electron chi connectivity index (χ0n) is 15.0. The summed E-state index contributed by atoms with van der Waals surface area (Å²) < 4.78 is 5.61. The first-order valence-corrected chi connectivity index (χ1v) is 8.83. The molecular formula is C18H21Cl2N3O3. The van der Waals surface area contributed by atoms with E-state index in [9.17, 15) is 9.59 Å². The Balaban J connectivity index is 1.92. The molecule has 26 heavy (non-hydrogen) atoms. The standard InChI is InChI=1S/C18H21Cl2N3O3/c1-10(23-17(25)11-6-5-7-12(19)15(11)20)16(24)22-9-14-21-8-13(26-14)18(2,3)4/h5-8,10H,9H2,1-4H3,(H,22,24)(H,23,25)/t10-/m1/s1. The molecule has 2 aromatic rings. The highest BCUT2D eigenvalue weighted by Gasteiger charge is 2.21. The molecule has 2 rings (SSSR count). The molecule has 0 saturated carbocycles. The maximum absolute atomic E-state index is 12.3. The van der Waals surface area contributed by atoms with Crippen molar-refractivity contribution in [2.45, 2.75) is 45.7 Å². The van der Waals surface area contributed by atoms with Crippen molar-refractivity contribution in [3.63, 3.8) is 0 Å². The molecule has 0 bridgehead atoms. The number of amides is 2. The van der Waals surface area contributed by atoms with Crippen molar-refractivity contribution in [2.24, 2.45) is 0 Å². The van der Waals surface area contributed by atoms with Gasteiger partial charge in [0.15, 0.2) is 0 Å². The second kappa shape index (κ2) is 8.10. The van der Waals surface area contributed by atoms with E-state index >= 15 is 0 Å². The lowest BCUT2D eigenvalue weighted by atomic mass is 9.94. The zero-order chi connectivity index (χ0) is 19.5. The molecule has 0 fully saturated rings.